The van der Waals surface area contributed by atoms with E-state index in [0.717, 1.165) is 42.1 Å². The lowest BCUT2D eigenvalue weighted by molar-refractivity contribution is -0.126. The average Bonchev–Trinajstić information content (AvgIpc) is 3.17. The molecule has 1 aliphatic rings. The fourth-order valence-electron chi connectivity index (χ4n) is 3.01. The number of hydrogen-bond acceptors (Lipinski definition) is 4. The minimum Gasteiger partial charge on any atom is -0.299 e. The van der Waals surface area contributed by atoms with Crippen molar-refractivity contribution in [2.75, 3.05) is 13.1 Å². The molecule has 0 saturated carbocycles. The number of nitrogens with zero attached hydrogens (tertiary/aromatic N) is 2. The summed E-state index contributed by atoms with van der Waals surface area (Å²) < 4.78 is 13.1. The molecule has 2 heterocycles. The molecule has 0 unspecified atom stereocenters. The van der Waals surface area contributed by atoms with Gasteiger partial charge in [0.05, 0.1) is 5.71 Å². The molecule has 3 rings (SSSR count). The maximum absolute atomic E-state index is 13.1. The van der Waals surface area contributed by atoms with Crippen molar-refractivity contribution < 1.29 is 9.18 Å². The fraction of sp³-hybridized carbons (Fsp3) is 0.368. The van der Waals surface area contributed by atoms with Gasteiger partial charge < -0.3 is 0 Å². The van der Waals surface area contributed by atoms with Gasteiger partial charge in [0, 0.05) is 22.4 Å². The molecule has 1 aliphatic heterocycles. The first-order valence-corrected chi connectivity index (χ1v) is 9.83. The van der Waals surface area contributed by atoms with Crippen LogP contribution in [0.1, 0.15) is 30.2 Å². The highest BCUT2D eigenvalue weighted by atomic mass is 35.5. The molecule has 1 aromatic carbocycles. The molecule has 1 fully saturated rings. The van der Waals surface area contributed by atoms with Gasteiger partial charge in [-0.3, -0.25) is 9.69 Å². The molecular weight excluding hydrogens is 373 g/mol. The van der Waals surface area contributed by atoms with Crippen molar-refractivity contribution >= 4 is 34.6 Å². The standard InChI is InChI=1S/C19H21ClFN3OS/c1-13(18-3-2-10-26-18)22-23-19(25)14-6-8-24(9-7-14)12-15-4-5-16(21)11-17(15)20/h2-5,10-11,14H,6-9,12H2,1H3,(H,23,25)/b22-13+. The number of amides is 1. The molecule has 0 radical (unpaired) electrons. The van der Waals surface area contributed by atoms with Crippen molar-refractivity contribution in [3.63, 3.8) is 0 Å². The van der Waals surface area contributed by atoms with Crippen LogP contribution in [-0.4, -0.2) is 29.6 Å². The second-order valence-corrected chi connectivity index (χ2v) is 7.79. The molecular formula is C19H21ClFN3OS. The quantitative estimate of drug-likeness (QED) is 0.608. The van der Waals surface area contributed by atoms with Gasteiger partial charge in [0.25, 0.3) is 0 Å². The molecule has 0 spiro atoms. The fourth-order valence-corrected chi connectivity index (χ4v) is 3.92. The van der Waals surface area contributed by atoms with Gasteiger partial charge in [-0.15, -0.1) is 11.3 Å². The second kappa shape index (κ2) is 8.75. The number of nitrogens with one attached hydrogen (secondary N) is 1. The number of carbonyl (C=O) groups excluding carboxylic acids is 1. The number of hydrazone groups is 1. The van der Waals surface area contributed by atoms with E-state index in [4.69, 9.17) is 11.6 Å². The Labute approximate surface area is 161 Å². The van der Waals surface area contributed by atoms with E-state index in [9.17, 15) is 9.18 Å². The third-order valence-corrected chi connectivity index (χ3v) is 5.91. The highest BCUT2D eigenvalue weighted by molar-refractivity contribution is 7.12. The smallest absolute Gasteiger partial charge is 0.243 e. The third kappa shape index (κ3) is 4.90. The van der Waals surface area contributed by atoms with Crippen LogP contribution in [0.15, 0.2) is 40.8 Å². The summed E-state index contributed by atoms with van der Waals surface area (Å²) in [5, 5.41) is 6.64. The lowest BCUT2D eigenvalue weighted by Crippen LogP contribution is -2.39. The number of halogens is 2. The normalized spacial score (nSPS) is 16.7. The molecule has 1 amide bonds. The number of thiophene rings is 1. The zero-order valence-electron chi connectivity index (χ0n) is 14.5. The monoisotopic (exact) mass is 393 g/mol. The van der Waals surface area contributed by atoms with Gasteiger partial charge >= 0.3 is 0 Å². The van der Waals surface area contributed by atoms with Crippen LogP contribution in [0.4, 0.5) is 4.39 Å². The first-order chi connectivity index (χ1) is 12.5. The highest BCUT2D eigenvalue weighted by Gasteiger charge is 2.25. The van der Waals surface area contributed by atoms with E-state index in [1.807, 2.05) is 24.4 Å². The highest BCUT2D eigenvalue weighted by Crippen LogP contribution is 2.23. The van der Waals surface area contributed by atoms with Crippen molar-refractivity contribution in [3.05, 3.63) is 57.0 Å². The van der Waals surface area contributed by atoms with E-state index < -0.39 is 0 Å². The summed E-state index contributed by atoms with van der Waals surface area (Å²) in [6, 6.07) is 8.43. The Kier molecular flexibility index (Phi) is 6.40. The SMILES string of the molecule is C/C(=N\NC(=O)C1CCN(Cc2ccc(F)cc2Cl)CC1)c1cccs1. The molecule has 4 nitrogen and oxygen atoms in total. The van der Waals surface area contributed by atoms with Gasteiger partial charge in [-0.05, 0) is 62.0 Å². The van der Waals surface area contributed by atoms with Gasteiger partial charge in [0.1, 0.15) is 5.82 Å². The van der Waals surface area contributed by atoms with Gasteiger partial charge in [-0.1, -0.05) is 23.7 Å². The van der Waals surface area contributed by atoms with Crippen molar-refractivity contribution in [2.45, 2.75) is 26.3 Å². The predicted octanol–water partition coefficient (Wildman–Crippen LogP) is 4.29. The first-order valence-electron chi connectivity index (χ1n) is 8.57. The van der Waals surface area contributed by atoms with Crippen LogP contribution in [0.2, 0.25) is 5.02 Å². The topological polar surface area (TPSA) is 44.7 Å². The minimum atomic E-state index is -0.326. The number of piperidine rings is 1. The molecule has 0 bridgehead atoms. The van der Waals surface area contributed by atoms with E-state index in [1.165, 1.54) is 12.1 Å². The maximum atomic E-state index is 13.1. The molecule has 7 heteroatoms. The van der Waals surface area contributed by atoms with Crippen molar-refractivity contribution in [1.82, 2.24) is 10.3 Å². The molecule has 0 atom stereocenters. The summed E-state index contributed by atoms with van der Waals surface area (Å²) in [4.78, 5) is 15.6. The number of hydrogen-bond donors (Lipinski definition) is 1. The largest absolute Gasteiger partial charge is 0.299 e. The maximum Gasteiger partial charge on any atom is 0.243 e. The molecule has 1 N–H and O–H groups in total. The first kappa shape index (κ1) is 19.0. The van der Waals surface area contributed by atoms with Crippen molar-refractivity contribution in [3.8, 4) is 0 Å². The summed E-state index contributed by atoms with van der Waals surface area (Å²) in [5.74, 6) is -0.386. The predicted molar refractivity (Wildman–Crippen MR) is 104 cm³/mol. The Hall–Kier alpha value is -1.76. The molecule has 2 aromatic rings. The van der Waals surface area contributed by atoms with Crippen LogP contribution in [-0.2, 0) is 11.3 Å². The van der Waals surface area contributed by atoms with E-state index in [-0.39, 0.29) is 17.6 Å². The second-order valence-electron chi connectivity index (χ2n) is 6.44. The number of carbonyl (C=O) groups is 1. The summed E-state index contributed by atoms with van der Waals surface area (Å²) in [7, 11) is 0. The lowest BCUT2D eigenvalue weighted by atomic mass is 9.96. The summed E-state index contributed by atoms with van der Waals surface area (Å²) in [6.45, 7) is 4.17. The third-order valence-electron chi connectivity index (χ3n) is 4.58. The Morgan fingerprint density at radius 1 is 1.38 bits per heavy atom. The number of likely N-dealkylation sites (tertiary alicyclic amines) is 1. The van der Waals surface area contributed by atoms with Crippen LogP contribution >= 0.6 is 22.9 Å². The zero-order valence-corrected chi connectivity index (χ0v) is 16.1. The molecule has 1 saturated heterocycles. The van der Waals surface area contributed by atoms with Crippen LogP contribution in [0, 0.1) is 11.7 Å². The molecule has 138 valence electrons. The Morgan fingerprint density at radius 3 is 2.81 bits per heavy atom. The Bertz CT molecular complexity index is 786. The minimum absolute atomic E-state index is 0.0274. The summed E-state index contributed by atoms with van der Waals surface area (Å²) >= 11 is 7.69. The van der Waals surface area contributed by atoms with Gasteiger partial charge in [0.2, 0.25) is 5.91 Å². The van der Waals surface area contributed by atoms with E-state index in [1.54, 1.807) is 17.4 Å². The van der Waals surface area contributed by atoms with E-state index >= 15 is 0 Å². The van der Waals surface area contributed by atoms with Gasteiger partial charge in [0.15, 0.2) is 0 Å². The van der Waals surface area contributed by atoms with Gasteiger partial charge in [-0.2, -0.15) is 5.10 Å². The Morgan fingerprint density at radius 2 is 2.15 bits per heavy atom. The van der Waals surface area contributed by atoms with Crippen LogP contribution in [0.25, 0.3) is 0 Å². The summed E-state index contributed by atoms with van der Waals surface area (Å²) in [6.07, 6.45) is 1.55. The van der Waals surface area contributed by atoms with E-state index in [2.05, 4.69) is 15.4 Å². The molecule has 26 heavy (non-hydrogen) atoms. The van der Waals surface area contributed by atoms with Crippen LogP contribution < -0.4 is 5.43 Å². The van der Waals surface area contributed by atoms with E-state index in [0.29, 0.717) is 11.6 Å². The molecule has 0 aliphatic carbocycles. The Balaban J connectivity index is 1.48. The molecule has 1 aromatic heterocycles. The summed E-state index contributed by atoms with van der Waals surface area (Å²) in [5.41, 5.74) is 4.42. The van der Waals surface area contributed by atoms with Gasteiger partial charge in [-0.25, -0.2) is 9.82 Å². The number of benzene rings is 1. The van der Waals surface area contributed by atoms with Crippen LogP contribution in [0.5, 0.6) is 0 Å². The zero-order chi connectivity index (χ0) is 18.5. The lowest BCUT2D eigenvalue weighted by Gasteiger charge is -2.31. The van der Waals surface area contributed by atoms with Crippen LogP contribution in [0.3, 0.4) is 0 Å². The van der Waals surface area contributed by atoms with Crippen molar-refractivity contribution in [1.29, 1.82) is 0 Å². The number of rotatable bonds is 5. The average molecular weight is 394 g/mol. The van der Waals surface area contributed by atoms with Crippen molar-refractivity contribution in [2.24, 2.45) is 11.0 Å².